The summed E-state index contributed by atoms with van der Waals surface area (Å²) in [6, 6.07) is 14.3. The van der Waals surface area contributed by atoms with E-state index in [4.69, 9.17) is 4.74 Å². The molecule has 2 atom stereocenters. The van der Waals surface area contributed by atoms with Crippen LogP contribution in [0.4, 0.5) is 0 Å². The Labute approximate surface area is 88.5 Å². The second-order valence-electron chi connectivity index (χ2n) is 3.67. The SMILES string of the molecule is c1ccc([C@@H]2O[C@H]2c2cccnc2)cc1. The van der Waals surface area contributed by atoms with Gasteiger partial charge in [-0.3, -0.25) is 4.98 Å². The third-order valence-electron chi connectivity index (χ3n) is 2.63. The zero-order valence-corrected chi connectivity index (χ0v) is 8.21. The number of rotatable bonds is 2. The van der Waals surface area contributed by atoms with Gasteiger partial charge in [-0.05, 0) is 11.6 Å². The fraction of sp³-hybridized carbons (Fsp3) is 0.154. The summed E-state index contributed by atoms with van der Waals surface area (Å²) in [6.45, 7) is 0. The highest BCUT2D eigenvalue weighted by atomic mass is 16.6. The standard InChI is InChI=1S/C13H11NO/c1-2-5-10(6-3-1)12-13(15-12)11-7-4-8-14-9-11/h1-9,12-13H/t12-,13-/m0/s1. The number of hydrogen-bond donors (Lipinski definition) is 0. The van der Waals surface area contributed by atoms with Crippen molar-refractivity contribution in [3.05, 3.63) is 66.0 Å². The van der Waals surface area contributed by atoms with Crippen LogP contribution in [0.15, 0.2) is 54.9 Å². The molecule has 2 heteroatoms. The first kappa shape index (κ1) is 8.62. The summed E-state index contributed by atoms with van der Waals surface area (Å²) in [5, 5.41) is 0. The molecule has 0 N–H and O–H groups in total. The Morgan fingerprint density at radius 2 is 1.60 bits per heavy atom. The van der Waals surface area contributed by atoms with Gasteiger partial charge in [0.1, 0.15) is 12.2 Å². The molecule has 2 nitrogen and oxygen atoms in total. The highest BCUT2D eigenvalue weighted by Crippen LogP contribution is 2.50. The van der Waals surface area contributed by atoms with Crippen LogP contribution in [-0.2, 0) is 4.74 Å². The quantitative estimate of drug-likeness (QED) is 0.692. The summed E-state index contributed by atoms with van der Waals surface area (Å²) < 4.78 is 5.65. The van der Waals surface area contributed by atoms with E-state index in [-0.39, 0.29) is 12.2 Å². The van der Waals surface area contributed by atoms with Crippen molar-refractivity contribution < 1.29 is 4.74 Å². The van der Waals surface area contributed by atoms with E-state index in [1.807, 2.05) is 30.5 Å². The van der Waals surface area contributed by atoms with Gasteiger partial charge < -0.3 is 4.74 Å². The average Bonchev–Trinajstić information content (AvgIpc) is 3.11. The lowest BCUT2D eigenvalue weighted by atomic mass is 10.1. The molecule has 2 heterocycles. The summed E-state index contributed by atoms with van der Waals surface area (Å²) in [5.41, 5.74) is 2.40. The number of hydrogen-bond acceptors (Lipinski definition) is 2. The fourth-order valence-electron chi connectivity index (χ4n) is 1.81. The van der Waals surface area contributed by atoms with Crippen LogP contribution in [0.2, 0.25) is 0 Å². The molecule has 1 aliphatic rings. The van der Waals surface area contributed by atoms with E-state index in [0.29, 0.717) is 0 Å². The maximum atomic E-state index is 5.65. The number of pyridine rings is 1. The molecule has 0 radical (unpaired) electrons. The molecular formula is C13H11NO. The first-order valence-corrected chi connectivity index (χ1v) is 5.05. The van der Waals surface area contributed by atoms with Crippen molar-refractivity contribution in [2.75, 3.05) is 0 Å². The van der Waals surface area contributed by atoms with Crippen molar-refractivity contribution in [1.82, 2.24) is 4.98 Å². The van der Waals surface area contributed by atoms with E-state index < -0.39 is 0 Å². The van der Waals surface area contributed by atoms with E-state index in [1.54, 1.807) is 6.20 Å². The van der Waals surface area contributed by atoms with Crippen molar-refractivity contribution in [2.24, 2.45) is 0 Å². The third-order valence-corrected chi connectivity index (χ3v) is 2.63. The van der Waals surface area contributed by atoms with Crippen molar-refractivity contribution in [1.29, 1.82) is 0 Å². The first-order valence-electron chi connectivity index (χ1n) is 5.05. The van der Waals surface area contributed by atoms with Crippen molar-refractivity contribution in [2.45, 2.75) is 12.2 Å². The largest absolute Gasteiger partial charge is 0.359 e. The molecule has 3 rings (SSSR count). The van der Waals surface area contributed by atoms with Crippen molar-refractivity contribution >= 4 is 0 Å². The summed E-state index contributed by atoms with van der Waals surface area (Å²) in [6.07, 6.45) is 4.06. The molecule has 1 aromatic heterocycles. The second-order valence-corrected chi connectivity index (χ2v) is 3.67. The summed E-state index contributed by atoms with van der Waals surface area (Å²) in [7, 11) is 0. The smallest absolute Gasteiger partial charge is 0.115 e. The molecule has 1 saturated heterocycles. The Morgan fingerprint density at radius 1 is 0.867 bits per heavy atom. The highest BCUT2D eigenvalue weighted by molar-refractivity contribution is 5.28. The zero-order valence-electron chi connectivity index (χ0n) is 8.21. The molecule has 15 heavy (non-hydrogen) atoms. The minimum Gasteiger partial charge on any atom is -0.359 e. The average molecular weight is 197 g/mol. The first-order chi connectivity index (χ1) is 7.45. The maximum absolute atomic E-state index is 5.65. The lowest BCUT2D eigenvalue weighted by Crippen LogP contribution is -1.84. The van der Waals surface area contributed by atoms with Crippen LogP contribution in [0, 0.1) is 0 Å². The Morgan fingerprint density at radius 3 is 2.33 bits per heavy atom. The maximum Gasteiger partial charge on any atom is 0.115 e. The lowest BCUT2D eigenvalue weighted by molar-refractivity contribution is 0.377. The second kappa shape index (κ2) is 3.48. The minimum atomic E-state index is 0.195. The molecule has 0 unspecified atom stereocenters. The van der Waals surface area contributed by atoms with Gasteiger partial charge in [-0.15, -0.1) is 0 Å². The highest BCUT2D eigenvalue weighted by Gasteiger charge is 2.41. The molecule has 1 fully saturated rings. The van der Waals surface area contributed by atoms with Gasteiger partial charge in [0.2, 0.25) is 0 Å². The Hall–Kier alpha value is -1.67. The summed E-state index contributed by atoms with van der Waals surface area (Å²) in [5.74, 6) is 0. The van der Waals surface area contributed by atoms with E-state index in [2.05, 4.69) is 23.2 Å². The Bertz CT molecular complexity index is 397. The molecule has 74 valence electrons. The van der Waals surface area contributed by atoms with E-state index in [0.717, 1.165) is 5.56 Å². The summed E-state index contributed by atoms with van der Waals surface area (Å²) >= 11 is 0. The predicted molar refractivity (Wildman–Crippen MR) is 57.2 cm³/mol. The van der Waals surface area contributed by atoms with Gasteiger partial charge in [-0.2, -0.15) is 0 Å². The van der Waals surface area contributed by atoms with Crippen LogP contribution >= 0.6 is 0 Å². The molecular weight excluding hydrogens is 186 g/mol. The molecule has 1 aromatic carbocycles. The molecule has 0 amide bonds. The van der Waals surface area contributed by atoms with E-state index in [1.165, 1.54) is 5.56 Å². The van der Waals surface area contributed by atoms with Gasteiger partial charge in [0.25, 0.3) is 0 Å². The van der Waals surface area contributed by atoms with Crippen LogP contribution in [0.5, 0.6) is 0 Å². The number of epoxide rings is 1. The van der Waals surface area contributed by atoms with Gasteiger partial charge in [0.15, 0.2) is 0 Å². The number of benzene rings is 1. The zero-order chi connectivity index (χ0) is 10.1. The molecule has 0 bridgehead atoms. The fourth-order valence-corrected chi connectivity index (χ4v) is 1.81. The van der Waals surface area contributed by atoms with Gasteiger partial charge in [0, 0.05) is 18.0 Å². The third kappa shape index (κ3) is 1.64. The molecule has 0 spiro atoms. The Kier molecular flexibility index (Phi) is 2.00. The monoisotopic (exact) mass is 197 g/mol. The number of nitrogens with zero attached hydrogens (tertiary/aromatic N) is 1. The normalized spacial score (nSPS) is 23.7. The molecule has 0 aliphatic carbocycles. The van der Waals surface area contributed by atoms with E-state index >= 15 is 0 Å². The van der Waals surface area contributed by atoms with Crippen LogP contribution in [-0.4, -0.2) is 4.98 Å². The van der Waals surface area contributed by atoms with E-state index in [9.17, 15) is 0 Å². The van der Waals surface area contributed by atoms with Gasteiger partial charge in [0.05, 0.1) is 0 Å². The topological polar surface area (TPSA) is 25.4 Å². The van der Waals surface area contributed by atoms with Crippen LogP contribution in [0.25, 0.3) is 0 Å². The van der Waals surface area contributed by atoms with Crippen LogP contribution in [0.3, 0.4) is 0 Å². The van der Waals surface area contributed by atoms with Crippen LogP contribution < -0.4 is 0 Å². The lowest BCUT2D eigenvalue weighted by Gasteiger charge is -1.95. The number of aromatic nitrogens is 1. The minimum absolute atomic E-state index is 0.195. The predicted octanol–water partition coefficient (Wildman–Crippen LogP) is 2.89. The van der Waals surface area contributed by atoms with Gasteiger partial charge in [-0.1, -0.05) is 36.4 Å². The van der Waals surface area contributed by atoms with Crippen molar-refractivity contribution in [3.63, 3.8) is 0 Å². The van der Waals surface area contributed by atoms with Crippen LogP contribution in [0.1, 0.15) is 23.3 Å². The number of ether oxygens (including phenoxy) is 1. The van der Waals surface area contributed by atoms with Gasteiger partial charge in [-0.25, -0.2) is 0 Å². The molecule has 0 saturated carbocycles. The molecule has 1 aliphatic heterocycles. The van der Waals surface area contributed by atoms with Gasteiger partial charge >= 0.3 is 0 Å². The Balaban J connectivity index is 1.81. The van der Waals surface area contributed by atoms with Crippen molar-refractivity contribution in [3.8, 4) is 0 Å². The molecule has 2 aromatic rings. The summed E-state index contributed by atoms with van der Waals surface area (Å²) in [4.78, 5) is 4.09.